The van der Waals surface area contributed by atoms with Gasteiger partial charge in [0.1, 0.15) is 21.7 Å². The molecule has 0 bridgehead atoms. The van der Waals surface area contributed by atoms with Crippen LogP contribution in [0.5, 0.6) is 0 Å². The van der Waals surface area contributed by atoms with E-state index < -0.39 is 17.0 Å². The molecule has 0 radical (unpaired) electrons. The van der Waals surface area contributed by atoms with E-state index >= 15 is 0 Å². The number of rotatable bonds is 1. The molecule has 6 heteroatoms. The van der Waals surface area contributed by atoms with E-state index in [9.17, 15) is 9.35 Å². The third-order valence-corrected chi connectivity index (χ3v) is 5.82. The molecule has 132 valence electrons. The highest BCUT2D eigenvalue weighted by molar-refractivity contribution is 7.91. The van der Waals surface area contributed by atoms with Gasteiger partial charge in [0.05, 0.1) is 5.71 Å². The van der Waals surface area contributed by atoms with E-state index in [1.54, 1.807) is 0 Å². The first-order valence-corrected chi connectivity index (χ1v) is 9.47. The van der Waals surface area contributed by atoms with Gasteiger partial charge in [-0.2, -0.15) is 0 Å². The van der Waals surface area contributed by atoms with Crippen LogP contribution < -0.4 is 0 Å². The minimum absolute atomic E-state index is 0.109. The van der Waals surface area contributed by atoms with Crippen LogP contribution >= 0.6 is 0 Å². The Morgan fingerprint density at radius 1 is 1.26 bits per heavy atom. The van der Waals surface area contributed by atoms with Crippen LogP contribution in [0.2, 0.25) is 0 Å². The van der Waals surface area contributed by atoms with Crippen molar-refractivity contribution in [2.45, 2.75) is 77.6 Å². The fourth-order valence-electron chi connectivity index (χ4n) is 3.12. The zero-order chi connectivity index (χ0) is 17.5. The van der Waals surface area contributed by atoms with Crippen LogP contribution in [0.4, 0.5) is 4.79 Å². The van der Waals surface area contributed by atoms with Crippen molar-refractivity contribution in [3.63, 3.8) is 0 Å². The Labute approximate surface area is 143 Å². The summed E-state index contributed by atoms with van der Waals surface area (Å²) < 4.78 is 21.8. The molecule has 0 aromatic heterocycles. The third kappa shape index (κ3) is 4.86. The highest BCUT2D eigenvalue weighted by atomic mass is 32.2. The molecular formula is C17H30N2O3S. The van der Waals surface area contributed by atoms with E-state index in [0.29, 0.717) is 0 Å². The molecule has 1 saturated heterocycles. The van der Waals surface area contributed by atoms with Crippen LogP contribution in [0, 0.1) is 5.41 Å². The van der Waals surface area contributed by atoms with Crippen LogP contribution in [-0.4, -0.2) is 44.7 Å². The number of hydrogen-bond donors (Lipinski definition) is 0. The van der Waals surface area contributed by atoms with Crippen molar-refractivity contribution in [3.05, 3.63) is 0 Å². The average Bonchev–Trinajstić information content (AvgIpc) is 2.94. The summed E-state index contributed by atoms with van der Waals surface area (Å²) in [6.07, 6.45) is 3.52. The molecule has 1 spiro atoms. The van der Waals surface area contributed by atoms with Crippen molar-refractivity contribution >= 4 is 23.2 Å². The van der Waals surface area contributed by atoms with Gasteiger partial charge in [-0.1, -0.05) is 4.40 Å². The minimum Gasteiger partial charge on any atom is -0.591 e. The summed E-state index contributed by atoms with van der Waals surface area (Å²) in [5.74, 6) is 0. The summed E-state index contributed by atoms with van der Waals surface area (Å²) in [6.45, 7) is 13.0. The SMILES string of the molecule is CC(C)(C)OC(=O)N1CCC2(CCC(=N[S+]([O-])C(C)(C)C)C2)C1. The van der Waals surface area contributed by atoms with E-state index in [1.165, 1.54) is 0 Å². The van der Waals surface area contributed by atoms with Crippen LogP contribution in [-0.2, 0) is 16.1 Å². The number of carbonyl (C=O) groups excluding carboxylic acids is 1. The fraction of sp³-hybridized carbons (Fsp3) is 0.882. The van der Waals surface area contributed by atoms with Gasteiger partial charge in [-0.15, -0.1) is 0 Å². The van der Waals surface area contributed by atoms with E-state index in [1.807, 2.05) is 46.4 Å². The molecule has 0 N–H and O–H groups in total. The monoisotopic (exact) mass is 342 g/mol. The van der Waals surface area contributed by atoms with Crippen LogP contribution in [0.3, 0.4) is 0 Å². The number of ether oxygens (including phenoxy) is 1. The van der Waals surface area contributed by atoms with Crippen molar-refractivity contribution < 1.29 is 14.1 Å². The molecule has 23 heavy (non-hydrogen) atoms. The summed E-state index contributed by atoms with van der Waals surface area (Å²) in [5.41, 5.74) is 0.695. The van der Waals surface area contributed by atoms with Gasteiger partial charge in [-0.25, -0.2) is 4.79 Å². The Balaban J connectivity index is 1.96. The second-order valence-corrected chi connectivity index (χ2v) is 10.8. The third-order valence-electron chi connectivity index (χ3n) is 4.35. The molecule has 2 atom stereocenters. The van der Waals surface area contributed by atoms with E-state index in [2.05, 4.69) is 4.40 Å². The van der Waals surface area contributed by atoms with E-state index in [0.717, 1.165) is 44.5 Å². The van der Waals surface area contributed by atoms with Gasteiger partial charge in [0.2, 0.25) is 0 Å². The zero-order valence-corrected chi connectivity index (χ0v) is 16.1. The topological polar surface area (TPSA) is 65.0 Å². The first kappa shape index (κ1) is 18.6. The lowest BCUT2D eigenvalue weighted by Gasteiger charge is -2.26. The molecule has 2 aliphatic rings. The van der Waals surface area contributed by atoms with Crippen molar-refractivity contribution in [3.8, 4) is 0 Å². The van der Waals surface area contributed by atoms with Gasteiger partial charge in [-0.05, 0) is 72.6 Å². The Morgan fingerprint density at radius 3 is 2.48 bits per heavy atom. The van der Waals surface area contributed by atoms with Gasteiger partial charge in [-0.3, -0.25) is 0 Å². The van der Waals surface area contributed by atoms with Gasteiger partial charge in [0.25, 0.3) is 0 Å². The summed E-state index contributed by atoms with van der Waals surface area (Å²) in [7, 11) is 0. The van der Waals surface area contributed by atoms with Crippen molar-refractivity contribution in [1.82, 2.24) is 4.90 Å². The minimum atomic E-state index is -1.19. The summed E-state index contributed by atoms with van der Waals surface area (Å²) in [4.78, 5) is 14.0. The normalized spacial score (nSPS) is 28.7. The molecule has 2 fully saturated rings. The molecule has 5 nitrogen and oxygen atoms in total. The second kappa shape index (κ2) is 6.28. The smallest absolute Gasteiger partial charge is 0.410 e. The maximum atomic E-state index is 12.2. The molecule has 2 rings (SSSR count). The lowest BCUT2D eigenvalue weighted by molar-refractivity contribution is 0.0274. The Hall–Kier alpha value is -0.750. The molecule has 1 saturated carbocycles. The molecule has 0 aromatic rings. The maximum absolute atomic E-state index is 12.2. The average molecular weight is 343 g/mol. The molecular weight excluding hydrogens is 312 g/mol. The standard InChI is InChI=1S/C17H30N2O3S/c1-15(2,3)22-14(20)19-10-9-17(12-19)8-7-13(11-17)18-23(21)16(4,5)6/h7-12H2,1-6H3. The molecule has 0 aromatic carbocycles. The second-order valence-electron chi connectivity index (χ2n) is 8.85. The highest BCUT2D eigenvalue weighted by Gasteiger charge is 2.46. The highest BCUT2D eigenvalue weighted by Crippen LogP contribution is 2.45. The maximum Gasteiger partial charge on any atom is 0.410 e. The quantitative estimate of drug-likeness (QED) is 0.682. The van der Waals surface area contributed by atoms with Gasteiger partial charge >= 0.3 is 6.09 Å². The van der Waals surface area contributed by atoms with Crippen molar-refractivity contribution in [2.24, 2.45) is 9.81 Å². The number of hydrogen-bond acceptors (Lipinski definition) is 4. The van der Waals surface area contributed by atoms with Gasteiger partial charge in [0, 0.05) is 13.1 Å². The number of nitrogens with zero attached hydrogens (tertiary/aromatic N) is 2. The molecule has 1 aliphatic carbocycles. The number of likely N-dealkylation sites (tertiary alicyclic amines) is 1. The number of carbonyl (C=O) groups is 1. The van der Waals surface area contributed by atoms with E-state index in [4.69, 9.17) is 4.74 Å². The predicted molar refractivity (Wildman–Crippen MR) is 94.0 cm³/mol. The summed E-state index contributed by atoms with van der Waals surface area (Å²) in [5, 5.41) is 0. The molecule has 1 aliphatic heterocycles. The molecule has 1 amide bonds. The largest absolute Gasteiger partial charge is 0.591 e. The Morgan fingerprint density at radius 2 is 1.91 bits per heavy atom. The molecule has 2 unspecified atom stereocenters. The number of amides is 1. The summed E-state index contributed by atoms with van der Waals surface area (Å²) in [6, 6.07) is 0. The van der Waals surface area contributed by atoms with Gasteiger partial charge < -0.3 is 14.2 Å². The molecule has 1 heterocycles. The van der Waals surface area contributed by atoms with Crippen LogP contribution in [0.15, 0.2) is 4.40 Å². The van der Waals surface area contributed by atoms with Crippen molar-refractivity contribution in [2.75, 3.05) is 13.1 Å². The van der Waals surface area contributed by atoms with Gasteiger partial charge in [0.15, 0.2) is 0 Å². The fourth-order valence-corrected chi connectivity index (χ4v) is 3.78. The van der Waals surface area contributed by atoms with Crippen LogP contribution in [0.25, 0.3) is 0 Å². The predicted octanol–water partition coefficient (Wildman–Crippen LogP) is 3.70. The lowest BCUT2D eigenvalue weighted by Crippen LogP contribution is -2.36. The zero-order valence-electron chi connectivity index (χ0n) is 15.3. The first-order valence-electron chi connectivity index (χ1n) is 8.37. The first-order chi connectivity index (χ1) is 10.4. The Kier molecular flexibility index (Phi) is 5.07. The van der Waals surface area contributed by atoms with Crippen LogP contribution in [0.1, 0.15) is 67.2 Å². The lowest BCUT2D eigenvalue weighted by atomic mass is 9.85. The Bertz CT molecular complexity index is 493. The van der Waals surface area contributed by atoms with Crippen molar-refractivity contribution in [1.29, 1.82) is 0 Å². The van der Waals surface area contributed by atoms with E-state index in [-0.39, 0.29) is 16.3 Å². The summed E-state index contributed by atoms with van der Waals surface area (Å²) >= 11 is -1.19.